The van der Waals surface area contributed by atoms with Gasteiger partial charge in [-0.2, -0.15) is 13.2 Å². The number of nitrogens with one attached hydrogen (secondary N) is 3. The van der Waals surface area contributed by atoms with Gasteiger partial charge in [-0.1, -0.05) is 48.5 Å². The molecule has 208 valence electrons. The summed E-state index contributed by atoms with van der Waals surface area (Å²) in [4.78, 5) is 22.1. The first-order chi connectivity index (χ1) is 18.8. The molecule has 1 amide bonds. The van der Waals surface area contributed by atoms with Crippen LogP contribution < -0.4 is 16.8 Å². The van der Waals surface area contributed by atoms with E-state index in [0.717, 1.165) is 27.6 Å². The van der Waals surface area contributed by atoms with Gasteiger partial charge in [0.1, 0.15) is 17.4 Å². The number of halogens is 3. The summed E-state index contributed by atoms with van der Waals surface area (Å²) in [5.41, 5.74) is 16.9. The van der Waals surface area contributed by atoms with E-state index >= 15 is 0 Å². The van der Waals surface area contributed by atoms with Crippen LogP contribution in [0.4, 0.5) is 13.2 Å². The Morgan fingerprint density at radius 1 is 0.900 bits per heavy atom. The third-order valence-electron chi connectivity index (χ3n) is 5.91. The van der Waals surface area contributed by atoms with Crippen LogP contribution in [0.25, 0.3) is 10.9 Å². The molecule has 1 aromatic heterocycles. The molecule has 9 nitrogen and oxygen atoms in total. The summed E-state index contributed by atoms with van der Waals surface area (Å²) in [5, 5.41) is 26.5. The highest BCUT2D eigenvalue weighted by atomic mass is 19.4. The van der Waals surface area contributed by atoms with E-state index in [9.17, 15) is 18.0 Å². The monoisotopic (exact) mass is 552 g/mol. The summed E-state index contributed by atoms with van der Waals surface area (Å²) in [6.45, 7) is 2.81. The fourth-order valence-electron chi connectivity index (χ4n) is 3.93. The Balaban J connectivity index is 0.000000559. The third-order valence-corrected chi connectivity index (χ3v) is 5.91. The van der Waals surface area contributed by atoms with E-state index in [0.29, 0.717) is 29.9 Å². The fourth-order valence-corrected chi connectivity index (χ4v) is 3.93. The van der Waals surface area contributed by atoms with Crippen LogP contribution in [0.15, 0.2) is 72.8 Å². The molecule has 4 aromatic rings. The van der Waals surface area contributed by atoms with Gasteiger partial charge in [0.05, 0.1) is 0 Å². The molecule has 4 rings (SSSR count). The molecule has 3 aromatic carbocycles. The summed E-state index contributed by atoms with van der Waals surface area (Å²) in [5.74, 6) is -2.95. The Bertz CT molecular complexity index is 1590. The SMILES string of the molecule is Cc1cccc2c1cc(C(=O)NCc1cccc(C(=N)N)c1)n2Cc1cccc(C(=N)N)c1.O=C(O)C(F)(F)F. The maximum atomic E-state index is 13.3. The standard InChI is InChI=1S/C26H26N6O.C2HF3O2/c1-16-5-2-10-22-21(16)13-23(32(22)15-18-7-4-9-20(12-18)25(29)30)26(33)31-14-17-6-3-8-19(11-17)24(27)28;3-2(4,5)1(6)7/h2-13H,14-15H2,1H3,(H3,27,28)(H3,29,30)(H,31,33);(H,6,7). The largest absolute Gasteiger partial charge is 0.490 e. The molecular formula is C28H27F3N6O3. The number of amidine groups is 2. The van der Waals surface area contributed by atoms with Gasteiger partial charge in [-0.25, -0.2) is 4.79 Å². The average molecular weight is 553 g/mol. The van der Waals surface area contributed by atoms with Gasteiger partial charge < -0.3 is 26.5 Å². The lowest BCUT2D eigenvalue weighted by Crippen LogP contribution is -2.26. The zero-order chi connectivity index (χ0) is 29.6. The van der Waals surface area contributed by atoms with Crippen molar-refractivity contribution in [3.05, 3.63) is 106 Å². The van der Waals surface area contributed by atoms with E-state index in [1.54, 1.807) is 18.2 Å². The van der Waals surface area contributed by atoms with E-state index in [2.05, 4.69) is 5.32 Å². The molecule has 0 saturated carbocycles. The highest BCUT2D eigenvalue weighted by Crippen LogP contribution is 2.25. The molecule has 40 heavy (non-hydrogen) atoms. The van der Waals surface area contributed by atoms with Crippen LogP contribution >= 0.6 is 0 Å². The predicted octanol–water partition coefficient (Wildman–Crippen LogP) is 4.13. The number of rotatable bonds is 7. The van der Waals surface area contributed by atoms with Crippen LogP contribution in [0, 0.1) is 17.7 Å². The minimum Gasteiger partial charge on any atom is -0.475 e. The zero-order valence-corrected chi connectivity index (χ0v) is 21.3. The number of carboxylic acid groups (broad SMARTS) is 1. The lowest BCUT2D eigenvalue weighted by molar-refractivity contribution is -0.192. The van der Waals surface area contributed by atoms with Crippen LogP contribution in [0.3, 0.4) is 0 Å². The summed E-state index contributed by atoms with van der Waals surface area (Å²) in [6, 6.07) is 22.7. The molecule has 12 heteroatoms. The van der Waals surface area contributed by atoms with Crippen molar-refractivity contribution in [1.29, 1.82) is 10.8 Å². The van der Waals surface area contributed by atoms with Crippen molar-refractivity contribution >= 4 is 34.5 Å². The van der Waals surface area contributed by atoms with Gasteiger partial charge in [0.25, 0.3) is 5.91 Å². The zero-order valence-electron chi connectivity index (χ0n) is 21.3. The fraction of sp³-hybridized carbons (Fsp3) is 0.143. The molecule has 0 spiro atoms. The molecule has 1 heterocycles. The van der Waals surface area contributed by atoms with Gasteiger partial charge in [-0.15, -0.1) is 0 Å². The summed E-state index contributed by atoms with van der Waals surface area (Å²) >= 11 is 0. The van der Waals surface area contributed by atoms with Gasteiger partial charge in [0.15, 0.2) is 0 Å². The quantitative estimate of drug-likeness (QED) is 0.149. The van der Waals surface area contributed by atoms with Crippen molar-refractivity contribution in [1.82, 2.24) is 9.88 Å². The number of amides is 1. The lowest BCUT2D eigenvalue weighted by atomic mass is 10.1. The topological polar surface area (TPSA) is 171 Å². The number of carboxylic acids is 1. The predicted molar refractivity (Wildman–Crippen MR) is 146 cm³/mol. The van der Waals surface area contributed by atoms with Crippen LogP contribution in [-0.2, 0) is 17.9 Å². The Kier molecular flexibility index (Phi) is 8.94. The van der Waals surface area contributed by atoms with Gasteiger partial charge >= 0.3 is 12.1 Å². The minimum absolute atomic E-state index is 0.00781. The Morgan fingerprint density at radius 3 is 1.98 bits per heavy atom. The minimum atomic E-state index is -5.08. The first kappa shape index (κ1) is 29.4. The van der Waals surface area contributed by atoms with Gasteiger partial charge in [-0.05, 0) is 47.9 Å². The number of aryl methyl sites for hydroxylation is 1. The maximum Gasteiger partial charge on any atom is 0.490 e. The normalized spacial score (nSPS) is 10.9. The van der Waals surface area contributed by atoms with Gasteiger partial charge in [0, 0.05) is 35.1 Å². The van der Waals surface area contributed by atoms with E-state index in [-0.39, 0.29) is 17.6 Å². The van der Waals surface area contributed by atoms with E-state index in [1.807, 2.05) is 66.1 Å². The highest BCUT2D eigenvalue weighted by Gasteiger charge is 2.38. The molecular weight excluding hydrogens is 525 g/mol. The van der Waals surface area contributed by atoms with Crippen LogP contribution in [0.5, 0.6) is 0 Å². The van der Waals surface area contributed by atoms with Crippen LogP contribution in [0.1, 0.15) is 38.3 Å². The number of fused-ring (bicyclic) bond motifs is 1. The van der Waals surface area contributed by atoms with Crippen molar-refractivity contribution in [3.63, 3.8) is 0 Å². The third kappa shape index (κ3) is 7.25. The second-order valence-corrected chi connectivity index (χ2v) is 8.84. The molecule has 0 unspecified atom stereocenters. The number of nitrogens with zero attached hydrogens (tertiary/aromatic N) is 1. The summed E-state index contributed by atoms with van der Waals surface area (Å²) < 4.78 is 33.7. The molecule has 0 aliphatic carbocycles. The van der Waals surface area contributed by atoms with Gasteiger partial charge in [-0.3, -0.25) is 15.6 Å². The first-order valence-electron chi connectivity index (χ1n) is 11.8. The van der Waals surface area contributed by atoms with Crippen molar-refractivity contribution in [2.24, 2.45) is 11.5 Å². The first-order valence-corrected chi connectivity index (χ1v) is 11.8. The average Bonchev–Trinajstić information content (AvgIpc) is 3.27. The van der Waals surface area contributed by atoms with E-state index in [4.69, 9.17) is 32.2 Å². The molecule has 0 aliphatic heterocycles. The number of carbonyl (C=O) groups is 2. The smallest absolute Gasteiger partial charge is 0.475 e. The number of alkyl halides is 3. The van der Waals surface area contributed by atoms with Crippen molar-refractivity contribution < 1.29 is 27.9 Å². The number of aromatic nitrogens is 1. The molecule has 0 saturated heterocycles. The second kappa shape index (κ2) is 12.2. The summed E-state index contributed by atoms with van der Waals surface area (Å²) in [7, 11) is 0. The van der Waals surface area contributed by atoms with Crippen molar-refractivity contribution in [2.45, 2.75) is 26.2 Å². The molecule has 0 fully saturated rings. The number of carbonyl (C=O) groups excluding carboxylic acids is 1. The van der Waals surface area contributed by atoms with Crippen molar-refractivity contribution in [3.8, 4) is 0 Å². The maximum absolute atomic E-state index is 13.3. The molecule has 0 bridgehead atoms. The number of benzene rings is 3. The Labute approximate surface area is 227 Å². The Morgan fingerprint density at radius 2 is 1.43 bits per heavy atom. The Hall–Kier alpha value is -5.13. The van der Waals surface area contributed by atoms with Gasteiger partial charge in [0.2, 0.25) is 0 Å². The number of hydrogen-bond donors (Lipinski definition) is 6. The van der Waals surface area contributed by atoms with Crippen molar-refractivity contribution in [2.75, 3.05) is 0 Å². The van der Waals surface area contributed by atoms with E-state index < -0.39 is 12.1 Å². The number of nitrogens with two attached hydrogens (primary N) is 2. The molecule has 8 N–H and O–H groups in total. The van der Waals surface area contributed by atoms with Crippen LogP contribution in [0.2, 0.25) is 0 Å². The molecule has 0 radical (unpaired) electrons. The molecule has 0 aliphatic rings. The number of hydrogen-bond acceptors (Lipinski definition) is 4. The number of aliphatic carboxylic acids is 1. The van der Waals surface area contributed by atoms with Crippen LogP contribution in [-0.4, -0.2) is 39.4 Å². The number of nitrogen functional groups attached to an aromatic ring is 2. The molecule has 0 atom stereocenters. The van der Waals surface area contributed by atoms with E-state index in [1.165, 1.54) is 0 Å². The summed E-state index contributed by atoms with van der Waals surface area (Å²) in [6.07, 6.45) is -5.08. The lowest BCUT2D eigenvalue weighted by Gasteiger charge is -2.13. The second-order valence-electron chi connectivity index (χ2n) is 8.84. The highest BCUT2D eigenvalue weighted by molar-refractivity contribution is 6.00.